The molecule has 2 heterocycles. The SMILES string of the molecule is CC(C)(C)OC(=O)COC[C@H]1CC[C@H](Cn2nc(-c3ccccc3)c(-c3ccnc(F)c3)cc2=O)CC1. The van der Waals surface area contributed by atoms with E-state index < -0.39 is 11.5 Å². The summed E-state index contributed by atoms with van der Waals surface area (Å²) in [6, 6.07) is 14.1. The Bertz CT molecular complexity index is 1260. The van der Waals surface area contributed by atoms with Gasteiger partial charge in [0.25, 0.3) is 5.56 Å². The van der Waals surface area contributed by atoms with Crippen molar-refractivity contribution in [2.24, 2.45) is 11.8 Å². The topological polar surface area (TPSA) is 83.3 Å². The van der Waals surface area contributed by atoms with Crippen LogP contribution in [-0.4, -0.2) is 39.5 Å². The zero-order chi connectivity index (χ0) is 26.4. The van der Waals surface area contributed by atoms with Crippen LogP contribution in [0.15, 0.2) is 59.5 Å². The molecule has 3 aromatic rings. The first-order valence-corrected chi connectivity index (χ1v) is 12.8. The Hall–Kier alpha value is -3.39. The van der Waals surface area contributed by atoms with Gasteiger partial charge in [-0.3, -0.25) is 4.79 Å². The third kappa shape index (κ3) is 7.55. The summed E-state index contributed by atoms with van der Waals surface area (Å²) in [5, 5.41) is 4.75. The third-order valence-corrected chi connectivity index (χ3v) is 6.47. The molecule has 1 aromatic carbocycles. The number of hydrogen-bond acceptors (Lipinski definition) is 6. The molecule has 0 unspecified atom stereocenters. The highest BCUT2D eigenvalue weighted by Crippen LogP contribution is 2.32. The van der Waals surface area contributed by atoms with Crippen molar-refractivity contribution < 1.29 is 18.7 Å². The number of nitrogens with zero attached hydrogens (tertiary/aromatic N) is 3. The highest BCUT2D eigenvalue weighted by atomic mass is 19.1. The number of benzene rings is 1. The van der Waals surface area contributed by atoms with Crippen molar-refractivity contribution in [3.8, 4) is 22.4 Å². The van der Waals surface area contributed by atoms with Gasteiger partial charge in [-0.2, -0.15) is 9.49 Å². The van der Waals surface area contributed by atoms with E-state index in [-0.39, 0.29) is 18.1 Å². The number of esters is 1. The number of carbonyl (C=O) groups excluding carboxylic acids is 1. The quantitative estimate of drug-likeness (QED) is 0.305. The van der Waals surface area contributed by atoms with Crippen LogP contribution in [0.25, 0.3) is 22.4 Å². The zero-order valence-electron chi connectivity index (χ0n) is 21.7. The van der Waals surface area contributed by atoms with Gasteiger partial charge in [-0.1, -0.05) is 30.3 Å². The van der Waals surface area contributed by atoms with Crippen molar-refractivity contribution in [1.29, 1.82) is 0 Å². The largest absolute Gasteiger partial charge is 0.458 e. The Balaban J connectivity index is 1.41. The van der Waals surface area contributed by atoms with E-state index >= 15 is 0 Å². The predicted molar refractivity (Wildman–Crippen MR) is 139 cm³/mol. The number of aromatic nitrogens is 3. The van der Waals surface area contributed by atoms with Gasteiger partial charge in [-0.05, 0) is 69.9 Å². The second-order valence-corrected chi connectivity index (χ2v) is 10.6. The monoisotopic (exact) mass is 507 g/mol. The van der Waals surface area contributed by atoms with E-state index in [2.05, 4.69) is 4.98 Å². The maximum absolute atomic E-state index is 13.8. The van der Waals surface area contributed by atoms with E-state index in [9.17, 15) is 14.0 Å². The fourth-order valence-corrected chi connectivity index (χ4v) is 4.73. The minimum Gasteiger partial charge on any atom is -0.458 e. The molecule has 1 aliphatic carbocycles. The van der Waals surface area contributed by atoms with E-state index in [1.54, 1.807) is 12.1 Å². The van der Waals surface area contributed by atoms with Gasteiger partial charge in [-0.15, -0.1) is 0 Å². The minimum atomic E-state index is -0.604. The molecular formula is C29H34FN3O4. The standard InChI is InChI=1S/C29H34FN3O4/c1-29(2,3)37-27(35)19-36-18-21-11-9-20(10-12-21)17-33-26(34)16-24(23-13-14-31-25(30)15-23)28(32-33)22-7-5-4-6-8-22/h4-8,13-16,20-21H,9-12,17-19H2,1-3H3/t20-,21-. The highest BCUT2D eigenvalue weighted by Gasteiger charge is 2.24. The average molecular weight is 508 g/mol. The van der Waals surface area contributed by atoms with E-state index in [0.29, 0.717) is 41.8 Å². The number of hydrogen-bond donors (Lipinski definition) is 0. The first kappa shape index (κ1) is 26.7. The van der Waals surface area contributed by atoms with Crippen LogP contribution in [0.2, 0.25) is 0 Å². The molecule has 0 radical (unpaired) electrons. The molecule has 0 saturated heterocycles. The van der Waals surface area contributed by atoms with Crippen LogP contribution in [0.5, 0.6) is 0 Å². The normalized spacial score (nSPS) is 17.9. The summed E-state index contributed by atoms with van der Waals surface area (Å²) in [4.78, 5) is 28.5. The summed E-state index contributed by atoms with van der Waals surface area (Å²) in [5.74, 6) is -0.251. The molecular weight excluding hydrogens is 473 g/mol. The first-order chi connectivity index (χ1) is 17.7. The van der Waals surface area contributed by atoms with Crippen molar-refractivity contribution in [3.05, 3.63) is 71.0 Å². The molecule has 0 bridgehead atoms. The number of halogens is 1. The van der Waals surface area contributed by atoms with Gasteiger partial charge in [0, 0.05) is 36.0 Å². The zero-order valence-corrected chi connectivity index (χ0v) is 21.7. The Labute approximate surface area is 216 Å². The van der Waals surface area contributed by atoms with Gasteiger partial charge in [0.05, 0.1) is 12.3 Å². The second-order valence-electron chi connectivity index (χ2n) is 10.6. The van der Waals surface area contributed by atoms with Gasteiger partial charge in [0.15, 0.2) is 0 Å². The molecule has 1 aliphatic rings. The van der Waals surface area contributed by atoms with Crippen LogP contribution < -0.4 is 5.56 Å². The van der Waals surface area contributed by atoms with Crippen molar-refractivity contribution in [2.75, 3.05) is 13.2 Å². The van der Waals surface area contributed by atoms with Crippen molar-refractivity contribution in [3.63, 3.8) is 0 Å². The average Bonchev–Trinajstić information content (AvgIpc) is 2.85. The summed E-state index contributed by atoms with van der Waals surface area (Å²) >= 11 is 0. The lowest BCUT2D eigenvalue weighted by molar-refractivity contribution is -0.160. The predicted octanol–water partition coefficient (Wildman–Crippen LogP) is 5.28. The Kier molecular flexibility index (Phi) is 8.48. The molecule has 1 fully saturated rings. The van der Waals surface area contributed by atoms with Crippen LogP contribution >= 0.6 is 0 Å². The molecule has 0 atom stereocenters. The Morgan fingerprint density at radius 3 is 2.41 bits per heavy atom. The molecule has 0 N–H and O–H groups in total. The Morgan fingerprint density at radius 2 is 1.73 bits per heavy atom. The molecule has 2 aromatic heterocycles. The molecule has 196 valence electrons. The molecule has 37 heavy (non-hydrogen) atoms. The van der Waals surface area contributed by atoms with Gasteiger partial charge in [-0.25, -0.2) is 14.5 Å². The minimum absolute atomic E-state index is 0.0352. The number of pyridine rings is 1. The molecule has 0 spiro atoms. The van der Waals surface area contributed by atoms with Crippen LogP contribution in [0.1, 0.15) is 46.5 Å². The summed E-state index contributed by atoms with van der Waals surface area (Å²) in [7, 11) is 0. The second kappa shape index (κ2) is 11.8. The fraction of sp³-hybridized carbons (Fsp3) is 0.448. The highest BCUT2D eigenvalue weighted by molar-refractivity contribution is 5.79. The van der Waals surface area contributed by atoms with Crippen LogP contribution in [0, 0.1) is 17.8 Å². The Morgan fingerprint density at radius 1 is 1.03 bits per heavy atom. The summed E-state index contributed by atoms with van der Waals surface area (Å²) in [6.07, 6.45) is 5.22. The molecule has 1 saturated carbocycles. The smallest absolute Gasteiger partial charge is 0.332 e. The van der Waals surface area contributed by atoms with Crippen LogP contribution in [0.4, 0.5) is 4.39 Å². The number of ether oxygens (including phenoxy) is 2. The number of carbonyl (C=O) groups is 1. The summed E-state index contributed by atoms with van der Waals surface area (Å²) in [6.45, 7) is 6.52. The van der Waals surface area contributed by atoms with Gasteiger partial charge >= 0.3 is 5.97 Å². The van der Waals surface area contributed by atoms with Gasteiger partial charge in [0.1, 0.15) is 12.2 Å². The van der Waals surface area contributed by atoms with E-state index in [4.69, 9.17) is 14.6 Å². The lowest BCUT2D eigenvalue weighted by Gasteiger charge is -2.28. The van der Waals surface area contributed by atoms with Crippen molar-refractivity contribution in [2.45, 2.75) is 58.6 Å². The van der Waals surface area contributed by atoms with E-state index in [1.165, 1.54) is 16.9 Å². The molecule has 4 rings (SSSR count). The van der Waals surface area contributed by atoms with Gasteiger partial charge in [0.2, 0.25) is 5.95 Å². The molecule has 0 aliphatic heterocycles. The van der Waals surface area contributed by atoms with Crippen molar-refractivity contribution >= 4 is 5.97 Å². The van der Waals surface area contributed by atoms with E-state index in [0.717, 1.165) is 31.2 Å². The van der Waals surface area contributed by atoms with E-state index in [1.807, 2.05) is 51.1 Å². The van der Waals surface area contributed by atoms with Crippen LogP contribution in [0.3, 0.4) is 0 Å². The maximum atomic E-state index is 13.8. The van der Waals surface area contributed by atoms with Crippen LogP contribution in [-0.2, 0) is 20.8 Å². The summed E-state index contributed by atoms with van der Waals surface area (Å²) < 4.78 is 26.3. The lowest BCUT2D eigenvalue weighted by atomic mass is 9.82. The third-order valence-electron chi connectivity index (χ3n) is 6.47. The number of rotatable bonds is 8. The van der Waals surface area contributed by atoms with Crippen molar-refractivity contribution in [1.82, 2.24) is 14.8 Å². The molecule has 8 heteroatoms. The fourth-order valence-electron chi connectivity index (χ4n) is 4.73. The molecule has 0 amide bonds. The maximum Gasteiger partial charge on any atom is 0.332 e. The summed E-state index contributed by atoms with van der Waals surface area (Å²) in [5.41, 5.74) is 1.91. The lowest BCUT2D eigenvalue weighted by Crippen LogP contribution is -2.30. The first-order valence-electron chi connectivity index (χ1n) is 12.8. The van der Waals surface area contributed by atoms with Gasteiger partial charge < -0.3 is 9.47 Å². The molecule has 7 nitrogen and oxygen atoms in total.